The summed E-state index contributed by atoms with van der Waals surface area (Å²) >= 11 is 0. The lowest BCUT2D eigenvalue weighted by molar-refractivity contribution is -0.142. The lowest BCUT2D eigenvalue weighted by Crippen LogP contribution is -2.58. The van der Waals surface area contributed by atoms with Crippen molar-refractivity contribution in [3.8, 4) is 11.6 Å². The molecule has 4 amide bonds. The van der Waals surface area contributed by atoms with Crippen LogP contribution in [0.3, 0.4) is 0 Å². The quantitative estimate of drug-likeness (QED) is 0.201. The lowest BCUT2D eigenvalue weighted by atomic mass is 10.0. The summed E-state index contributed by atoms with van der Waals surface area (Å²) in [6.07, 6.45) is 4.91. The van der Waals surface area contributed by atoms with Crippen LogP contribution >= 0.6 is 0 Å². The van der Waals surface area contributed by atoms with Crippen molar-refractivity contribution in [3.05, 3.63) is 55.8 Å². The standard InChI is InChI=1S/C33H41N5O8S/c1-6-21-17-33(21,32(42)37-47(43,44)24-9-10-24)36-29(40)27-16-23(18-38(27)31(41)26(14-19(3)4)35-28(39)7-2)46-30-25-11-8-22(45-5)15-20(25)12-13-34-30/h6-8,11-13,15,19,21,23-24,26-27H,1-2,9-10,14,16-18H2,3-5H3,(H,35,39)(H,36,40)(H,37,42)/t21-,23?,26-,27+,33-/m1/s1. The predicted molar refractivity (Wildman–Crippen MR) is 174 cm³/mol. The molecule has 2 aliphatic carbocycles. The van der Waals surface area contributed by atoms with Crippen LogP contribution in [0.25, 0.3) is 10.8 Å². The first kappa shape index (κ1) is 33.9. The fourth-order valence-corrected chi connectivity index (χ4v) is 7.39. The Bertz CT molecular complexity index is 1710. The summed E-state index contributed by atoms with van der Waals surface area (Å²) < 4.78 is 39.0. The molecule has 1 unspecified atom stereocenters. The minimum atomic E-state index is -3.88. The van der Waals surface area contributed by atoms with E-state index in [0.717, 1.165) is 11.5 Å². The van der Waals surface area contributed by atoms with Crippen LogP contribution in [0.5, 0.6) is 11.6 Å². The Morgan fingerprint density at radius 1 is 1.17 bits per heavy atom. The molecule has 2 saturated carbocycles. The number of aromatic nitrogens is 1. The summed E-state index contributed by atoms with van der Waals surface area (Å²) in [4.78, 5) is 59.5. The summed E-state index contributed by atoms with van der Waals surface area (Å²) in [6.45, 7) is 11.0. The Morgan fingerprint density at radius 2 is 1.91 bits per heavy atom. The summed E-state index contributed by atoms with van der Waals surface area (Å²) in [7, 11) is -2.31. The first-order valence-electron chi connectivity index (χ1n) is 15.6. The van der Waals surface area contributed by atoms with Crippen molar-refractivity contribution in [2.45, 2.75) is 74.9 Å². The first-order chi connectivity index (χ1) is 22.3. The van der Waals surface area contributed by atoms with E-state index in [9.17, 15) is 27.6 Å². The van der Waals surface area contributed by atoms with Crippen molar-refractivity contribution in [1.29, 1.82) is 0 Å². The van der Waals surface area contributed by atoms with Gasteiger partial charge < -0.3 is 25.0 Å². The summed E-state index contributed by atoms with van der Waals surface area (Å²) in [6, 6.07) is 5.17. The smallest absolute Gasteiger partial charge is 0.259 e. The van der Waals surface area contributed by atoms with Gasteiger partial charge >= 0.3 is 0 Å². The van der Waals surface area contributed by atoms with Crippen molar-refractivity contribution in [2.75, 3.05) is 13.7 Å². The van der Waals surface area contributed by atoms with Crippen molar-refractivity contribution >= 4 is 44.4 Å². The molecule has 13 nitrogen and oxygen atoms in total. The van der Waals surface area contributed by atoms with Crippen LogP contribution in [0.2, 0.25) is 0 Å². The van der Waals surface area contributed by atoms with Gasteiger partial charge in [0.1, 0.15) is 29.5 Å². The number of likely N-dealkylation sites (tertiary alicyclic amines) is 1. The molecule has 2 aromatic rings. The zero-order valence-electron chi connectivity index (χ0n) is 26.7. The van der Waals surface area contributed by atoms with Crippen molar-refractivity contribution in [1.82, 2.24) is 25.2 Å². The number of methoxy groups -OCH3 is 1. The molecule has 2 heterocycles. The number of nitrogens with one attached hydrogen (secondary N) is 3. The number of ether oxygens (including phenoxy) is 2. The number of benzene rings is 1. The highest BCUT2D eigenvalue weighted by molar-refractivity contribution is 7.91. The van der Waals surface area contributed by atoms with Gasteiger partial charge in [-0.15, -0.1) is 6.58 Å². The molecule has 3 aliphatic rings. The molecule has 5 rings (SSSR count). The van der Waals surface area contributed by atoms with E-state index in [-0.39, 0.29) is 25.3 Å². The van der Waals surface area contributed by atoms with E-state index >= 15 is 0 Å². The van der Waals surface area contributed by atoms with Crippen molar-refractivity contribution in [2.24, 2.45) is 11.8 Å². The Morgan fingerprint density at radius 3 is 2.53 bits per heavy atom. The third kappa shape index (κ3) is 7.27. The molecule has 0 radical (unpaired) electrons. The summed E-state index contributed by atoms with van der Waals surface area (Å²) in [5, 5.41) is 6.34. The Hall–Kier alpha value is -4.46. The molecule has 252 valence electrons. The molecule has 5 atom stereocenters. The number of carbonyl (C=O) groups is 4. The minimum absolute atomic E-state index is 0.0101. The Balaban J connectivity index is 1.42. The highest BCUT2D eigenvalue weighted by atomic mass is 32.2. The minimum Gasteiger partial charge on any atom is -0.497 e. The van der Waals surface area contributed by atoms with Gasteiger partial charge in [-0.3, -0.25) is 23.9 Å². The number of pyridine rings is 1. The van der Waals surface area contributed by atoms with E-state index in [0.29, 0.717) is 36.3 Å². The van der Waals surface area contributed by atoms with Crippen molar-refractivity contribution in [3.63, 3.8) is 0 Å². The number of hydrogen-bond acceptors (Lipinski definition) is 9. The lowest BCUT2D eigenvalue weighted by Gasteiger charge is -2.30. The van der Waals surface area contributed by atoms with Crippen LogP contribution in [0.4, 0.5) is 0 Å². The molecule has 14 heteroatoms. The molecular formula is C33H41N5O8S. The van der Waals surface area contributed by atoms with Gasteiger partial charge in [0.05, 0.1) is 18.9 Å². The van der Waals surface area contributed by atoms with E-state index in [1.54, 1.807) is 19.4 Å². The molecule has 1 saturated heterocycles. The molecule has 0 spiro atoms. The van der Waals surface area contributed by atoms with E-state index in [1.807, 2.05) is 32.0 Å². The van der Waals surface area contributed by atoms with E-state index in [1.165, 1.54) is 11.0 Å². The van der Waals surface area contributed by atoms with Gasteiger partial charge in [0.25, 0.3) is 5.91 Å². The second kappa shape index (κ2) is 13.3. The second-order valence-electron chi connectivity index (χ2n) is 12.8. The molecule has 47 heavy (non-hydrogen) atoms. The summed E-state index contributed by atoms with van der Waals surface area (Å²) in [5.41, 5.74) is -1.53. The maximum atomic E-state index is 14.1. The number of nitrogens with zero attached hydrogens (tertiary/aromatic N) is 2. The van der Waals surface area contributed by atoms with Crippen LogP contribution in [-0.2, 0) is 29.2 Å². The summed E-state index contributed by atoms with van der Waals surface area (Å²) in [5.74, 6) is -2.04. The predicted octanol–water partition coefficient (Wildman–Crippen LogP) is 1.98. The fourth-order valence-electron chi connectivity index (χ4n) is 6.02. The molecular weight excluding hydrogens is 626 g/mol. The molecule has 0 bridgehead atoms. The molecule has 3 N–H and O–H groups in total. The van der Waals surface area contributed by atoms with E-state index in [2.05, 4.69) is 33.5 Å². The van der Waals surface area contributed by atoms with Gasteiger partial charge in [0.15, 0.2) is 0 Å². The van der Waals surface area contributed by atoms with Crippen LogP contribution in [0.15, 0.2) is 55.8 Å². The molecule has 3 fully saturated rings. The SMILES string of the molecule is C=CC(=O)N[C@H](CC(C)C)C(=O)N1CC(Oc2nccc3cc(OC)ccc23)C[C@H]1C(=O)N[C@]1(C(=O)NS(=O)(=O)C2CC2)C[C@H]1C=C. The van der Waals surface area contributed by atoms with Gasteiger partial charge in [0.2, 0.25) is 33.6 Å². The van der Waals surface area contributed by atoms with Crippen LogP contribution in [-0.4, -0.2) is 84.6 Å². The Labute approximate surface area is 274 Å². The third-order valence-electron chi connectivity index (χ3n) is 8.82. The fraction of sp³-hybridized carbons (Fsp3) is 0.485. The van der Waals surface area contributed by atoms with Gasteiger partial charge in [-0.25, -0.2) is 13.4 Å². The molecule has 1 aromatic carbocycles. The maximum absolute atomic E-state index is 14.1. The van der Waals surface area contributed by atoms with Gasteiger partial charge in [-0.2, -0.15) is 0 Å². The third-order valence-corrected chi connectivity index (χ3v) is 10.6. The molecule has 1 aliphatic heterocycles. The first-order valence-corrected chi connectivity index (χ1v) is 17.2. The average molecular weight is 668 g/mol. The maximum Gasteiger partial charge on any atom is 0.259 e. The average Bonchev–Trinajstić information content (AvgIpc) is 3.96. The number of amides is 4. The van der Waals surface area contributed by atoms with Crippen LogP contribution in [0.1, 0.15) is 46.0 Å². The topological polar surface area (TPSA) is 173 Å². The van der Waals surface area contributed by atoms with E-state index < -0.39 is 68.5 Å². The zero-order chi connectivity index (χ0) is 34.1. The monoisotopic (exact) mass is 667 g/mol. The zero-order valence-corrected chi connectivity index (χ0v) is 27.5. The van der Waals surface area contributed by atoms with Crippen LogP contribution < -0.4 is 24.8 Å². The number of carbonyl (C=O) groups excluding carboxylic acids is 4. The van der Waals surface area contributed by atoms with Crippen molar-refractivity contribution < 1.29 is 37.1 Å². The number of fused-ring (bicyclic) bond motifs is 1. The number of rotatable bonds is 14. The highest BCUT2D eigenvalue weighted by Gasteiger charge is 2.62. The number of sulfonamides is 1. The highest BCUT2D eigenvalue weighted by Crippen LogP contribution is 2.45. The number of hydrogen-bond donors (Lipinski definition) is 3. The van der Waals surface area contributed by atoms with Gasteiger partial charge in [-0.1, -0.05) is 26.5 Å². The Kier molecular flexibility index (Phi) is 9.62. The largest absolute Gasteiger partial charge is 0.497 e. The normalized spacial score (nSPS) is 24.3. The molecule has 1 aromatic heterocycles. The van der Waals surface area contributed by atoms with E-state index in [4.69, 9.17) is 9.47 Å². The van der Waals surface area contributed by atoms with Gasteiger partial charge in [-0.05, 0) is 67.3 Å². The van der Waals surface area contributed by atoms with Gasteiger partial charge in [0, 0.05) is 23.9 Å². The second-order valence-corrected chi connectivity index (χ2v) is 14.7. The van der Waals surface area contributed by atoms with Crippen LogP contribution in [0, 0.1) is 11.8 Å².